The van der Waals surface area contributed by atoms with Crippen molar-refractivity contribution in [2.45, 2.75) is 25.8 Å². The maximum atomic E-state index is 11.7. The van der Waals surface area contributed by atoms with E-state index in [1.807, 2.05) is 26.0 Å². The van der Waals surface area contributed by atoms with E-state index >= 15 is 0 Å². The fraction of sp³-hybridized carbons (Fsp3) is 0.417. The Morgan fingerprint density at radius 1 is 1.50 bits per heavy atom. The minimum absolute atomic E-state index is 0.0438. The number of benzene rings is 1. The number of nitrogens with two attached hydrogens (primary N) is 1. The molecule has 4 heteroatoms. The maximum absolute atomic E-state index is 11.7. The molecule has 0 spiro atoms. The van der Waals surface area contributed by atoms with E-state index in [4.69, 9.17) is 17.3 Å². The van der Waals surface area contributed by atoms with Crippen molar-refractivity contribution in [1.29, 1.82) is 0 Å². The fourth-order valence-electron chi connectivity index (χ4n) is 1.30. The molecule has 1 amide bonds. The molecule has 3 nitrogen and oxygen atoms in total. The van der Waals surface area contributed by atoms with Crippen LogP contribution in [0.2, 0.25) is 5.02 Å². The van der Waals surface area contributed by atoms with Gasteiger partial charge in [-0.25, -0.2) is 0 Å². The van der Waals surface area contributed by atoms with E-state index in [2.05, 4.69) is 5.32 Å². The van der Waals surface area contributed by atoms with Crippen LogP contribution in [0.4, 0.5) is 0 Å². The van der Waals surface area contributed by atoms with Gasteiger partial charge in [0, 0.05) is 17.1 Å². The molecule has 0 aliphatic rings. The topological polar surface area (TPSA) is 55.1 Å². The number of hydrogen-bond donors (Lipinski definition) is 2. The smallest absolute Gasteiger partial charge is 0.224 e. The van der Waals surface area contributed by atoms with Gasteiger partial charge in [-0.2, -0.15) is 0 Å². The van der Waals surface area contributed by atoms with E-state index in [-0.39, 0.29) is 11.4 Å². The standard InChI is InChI=1S/C12H17ClN2O/c1-12(2,8-14)15-11(16)7-9-4-3-5-10(13)6-9/h3-6H,7-8,14H2,1-2H3,(H,15,16). The zero-order valence-electron chi connectivity index (χ0n) is 9.59. The van der Waals surface area contributed by atoms with Crippen LogP contribution in [0.1, 0.15) is 19.4 Å². The Hall–Kier alpha value is -1.06. The molecule has 0 aliphatic carbocycles. The maximum Gasteiger partial charge on any atom is 0.224 e. The Morgan fingerprint density at radius 3 is 2.75 bits per heavy atom. The molecule has 16 heavy (non-hydrogen) atoms. The summed E-state index contributed by atoms with van der Waals surface area (Å²) in [4.78, 5) is 11.7. The summed E-state index contributed by atoms with van der Waals surface area (Å²) >= 11 is 5.84. The molecule has 0 aromatic heterocycles. The number of nitrogens with one attached hydrogen (secondary N) is 1. The third-order valence-electron chi connectivity index (χ3n) is 2.24. The van der Waals surface area contributed by atoms with Gasteiger partial charge in [0.1, 0.15) is 0 Å². The monoisotopic (exact) mass is 240 g/mol. The Kier molecular flexibility index (Phi) is 4.33. The molecule has 0 bridgehead atoms. The summed E-state index contributed by atoms with van der Waals surface area (Å²) in [6.45, 7) is 4.19. The Labute approximate surface area is 101 Å². The average Bonchev–Trinajstić information content (AvgIpc) is 2.16. The van der Waals surface area contributed by atoms with Crippen LogP contribution in [-0.2, 0) is 11.2 Å². The highest BCUT2D eigenvalue weighted by Gasteiger charge is 2.18. The first-order valence-electron chi connectivity index (χ1n) is 5.18. The fourth-order valence-corrected chi connectivity index (χ4v) is 1.52. The summed E-state index contributed by atoms with van der Waals surface area (Å²) in [5, 5.41) is 3.51. The van der Waals surface area contributed by atoms with Crippen LogP contribution in [0.15, 0.2) is 24.3 Å². The molecule has 88 valence electrons. The van der Waals surface area contributed by atoms with Crippen molar-refractivity contribution in [3.63, 3.8) is 0 Å². The lowest BCUT2D eigenvalue weighted by molar-refractivity contribution is -0.121. The van der Waals surface area contributed by atoms with Gasteiger partial charge < -0.3 is 11.1 Å². The highest BCUT2D eigenvalue weighted by Crippen LogP contribution is 2.11. The summed E-state index contributed by atoms with van der Waals surface area (Å²) in [5.41, 5.74) is 6.07. The molecule has 0 atom stereocenters. The lowest BCUT2D eigenvalue weighted by Gasteiger charge is -2.24. The second-order valence-electron chi connectivity index (χ2n) is 4.44. The molecule has 1 rings (SSSR count). The quantitative estimate of drug-likeness (QED) is 0.842. The third kappa shape index (κ3) is 4.21. The number of carbonyl (C=O) groups excluding carboxylic acids is 1. The van der Waals surface area contributed by atoms with Crippen molar-refractivity contribution in [2.24, 2.45) is 5.73 Å². The van der Waals surface area contributed by atoms with Gasteiger partial charge in [-0.1, -0.05) is 23.7 Å². The lowest BCUT2D eigenvalue weighted by Crippen LogP contribution is -2.49. The van der Waals surface area contributed by atoms with Crippen LogP contribution in [0, 0.1) is 0 Å². The summed E-state index contributed by atoms with van der Waals surface area (Å²) < 4.78 is 0. The van der Waals surface area contributed by atoms with Crippen LogP contribution in [0.5, 0.6) is 0 Å². The molecule has 0 unspecified atom stereocenters. The number of rotatable bonds is 4. The zero-order chi connectivity index (χ0) is 12.2. The van der Waals surface area contributed by atoms with Crippen molar-refractivity contribution < 1.29 is 4.79 Å². The van der Waals surface area contributed by atoms with Gasteiger partial charge >= 0.3 is 0 Å². The van der Waals surface area contributed by atoms with E-state index in [0.717, 1.165) is 5.56 Å². The molecule has 0 saturated heterocycles. The normalized spacial score (nSPS) is 11.2. The molecule has 1 aromatic rings. The van der Waals surface area contributed by atoms with Crippen LogP contribution < -0.4 is 11.1 Å². The van der Waals surface area contributed by atoms with E-state index < -0.39 is 0 Å². The van der Waals surface area contributed by atoms with E-state index in [1.165, 1.54) is 0 Å². The van der Waals surface area contributed by atoms with Crippen molar-refractivity contribution in [2.75, 3.05) is 6.54 Å². The van der Waals surface area contributed by atoms with Gasteiger partial charge in [0.15, 0.2) is 0 Å². The molecular weight excluding hydrogens is 224 g/mol. The van der Waals surface area contributed by atoms with E-state index in [1.54, 1.807) is 12.1 Å². The van der Waals surface area contributed by atoms with Crippen LogP contribution >= 0.6 is 11.6 Å². The summed E-state index contributed by atoms with van der Waals surface area (Å²) in [6.07, 6.45) is 0.323. The Balaban J connectivity index is 2.59. The van der Waals surface area contributed by atoms with E-state index in [9.17, 15) is 4.79 Å². The predicted octanol–water partition coefficient (Wildman–Crippen LogP) is 1.74. The van der Waals surface area contributed by atoms with Crippen LogP contribution in [0.25, 0.3) is 0 Å². The highest BCUT2D eigenvalue weighted by molar-refractivity contribution is 6.30. The molecule has 0 fully saturated rings. The van der Waals surface area contributed by atoms with Crippen molar-refractivity contribution in [3.05, 3.63) is 34.9 Å². The predicted molar refractivity (Wildman–Crippen MR) is 66.4 cm³/mol. The van der Waals surface area contributed by atoms with Gasteiger partial charge in [0.25, 0.3) is 0 Å². The lowest BCUT2D eigenvalue weighted by atomic mass is 10.1. The van der Waals surface area contributed by atoms with Gasteiger partial charge in [0.05, 0.1) is 6.42 Å². The number of hydrogen-bond acceptors (Lipinski definition) is 2. The van der Waals surface area contributed by atoms with Crippen molar-refractivity contribution >= 4 is 17.5 Å². The number of amides is 1. The molecular formula is C12H17ClN2O. The molecule has 0 aliphatic heterocycles. The highest BCUT2D eigenvalue weighted by atomic mass is 35.5. The Bertz CT molecular complexity index is 377. The largest absolute Gasteiger partial charge is 0.350 e. The number of carbonyl (C=O) groups is 1. The molecule has 0 heterocycles. The summed E-state index contributed by atoms with van der Waals surface area (Å²) in [6, 6.07) is 7.28. The molecule has 1 aromatic carbocycles. The Morgan fingerprint density at radius 2 is 2.19 bits per heavy atom. The minimum Gasteiger partial charge on any atom is -0.350 e. The van der Waals surface area contributed by atoms with Gasteiger partial charge in [-0.15, -0.1) is 0 Å². The van der Waals surface area contributed by atoms with Gasteiger partial charge in [0.2, 0.25) is 5.91 Å². The average molecular weight is 241 g/mol. The first kappa shape index (κ1) is 13.0. The van der Waals surface area contributed by atoms with Crippen molar-refractivity contribution in [1.82, 2.24) is 5.32 Å². The second kappa shape index (κ2) is 5.32. The van der Waals surface area contributed by atoms with E-state index in [0.29, 0.717) is 18.0 Å². The minimum atomic E-state index is -0.365. The first-order chi connectivity index (χ1) is 7.43. The molecule has 0 saturated carbocycles. The SMILES string of the molecule is CC(C)(CN)NC(=O)Cc1cccc(Cl)c1. The van der Waals surface area contributed by atoms with Gasteiger partial charge in [-0.05, 0) is 31.5 Å². The van der Waals surface area contributed by atoms with Gasteiger partial charge in [-0.3, -0.25) is 4.79 Å². The summed E-state index contributed by atoms with van der Waals surface area (Å²) in [7, 11) is 0. The third-order valence-corrected chi connectivity index (χ3v) is 2.48. The van der Waals surface area contributed by atoms with Crippen LogP contribution in [0.3, 0.4) is 0 Å². The molecule has 0 radical (unpaired) electrons. The summed E-state index contributed by atoms with van der Waals surface area (Å²) in [5.74, 6) is -0.0438. The zero-order valence-corrected chi connectivity index (χ0v) is 10.3. The number of halogens is 1. The van der Waals surface area contributed by atoms with Crippen molar-refractivity contribution in [3.8, 4) is 0 Å². The second-order valence-corrected chi connectivity index (χ2v) is 4.88. The first-order valence-corrected chi connectivity index (χ1v) is 5.56. The van der Waals surface area contributed by atoms with Crippen LogP contribution in [-0.4, -0.2) is 18.0 Å². The molecule has 3 N–H and O–H groups in total.